The molecule has 1 aliphatic heterocycles. The number of nitrogens with zero attached hydrogens (tertiary/aromatic N) is 2. The number of nitrogens with one attached hydrogen (secondary N) is 1. The van der Waals surface area contributed by atoms with Gasteiger partial charge in [0.15, 0.2) is 0 Å². The molecule has 1 saturated heterocycles. The Balaban J connectivity index is 1.70. The third kappa shape index (κ3) is 3.96. The van der Waals surface area contributed by atoms with Gasteiger partial charge in [-0.15, -0.1) is 0 Å². The van der Waals surface area contributed by atoms with E-state index in [1.807, 2.05) is 12.1 Å². The molecule has 3 nitrogen and oxygen atoms in total. The van der Waals surface area contributed by atoms with Gasteiger partial charge in [0.25, 0.3) is 0 Å². The summed E-state index contributed by atoms with van der Waals surface area (Å²) in [4.78, 5) is 4.68. The van der Waals surface area contributed by atoms with Crippen molar-refractivity contribution in [1.82, 2.24) is 10.2 Å². The summed E-state index contributed by atoms with van der Waals surface area (Å²) in [6.07, 6.45) is 1.15. The van der Waals surface area contributed by atoms with E-state index in [2.05, 4.69) is 22.2 Å². The first-order valence-electron chi connectivity index (χ1n) is 6.65. The maximum Gasteiger partial charge on any atom is 0.123 e. The second kappa shape index (κ2) is 6.71. The lowest BCUT2D eigenvalue weighted by Crippen LogP contribution is -2.44. The first kappa shape index (κ1) is 13.3. The minimum Gasteiger partial charge on any atom is -0.375 e. The minimum absolute atomic E-state index is 0.173. The van der Waals surface area contributed by atoms with Gasteiger partial charge in [0, 0.05) is 45.5 Å². The Hall–Kier alpha value is -1.13. The van der Waals surface area contributed by atoms with Crippen LogP contribution in [0, 0.1) is 5.82 Å². The SMILES string of the molecule is CN(CCCN1CCNCC1)c1ccc(F)cc1. The summed E-state index contributed by atoms with van der Waals surface area (Å²) in [6, 6.07) is 6.70. The first-order chi connectivity index (χ1) is 8.75. The number of hydrogen-bond acceptors (Lipinski definition) is 3. The summed E-state index contributed by atoms with van der Waals surface area (Å²) in [5, 5.41) is 3.36. The van der Waals surface area contributed by atoms with Crippen LogP contribution in [-0.2, 0) is 0 Å². The number of rotatable bonds is 5. The fourth-order valence-corrected chi connectivity index (χ4v) is 2.29. The molecule has 1 fully saturated rings. The van der Waals surface area contributed by atoms with E-state index in [-0.39, 0.29) is 5.82 Å². The predicted molar refractivity (Wildman–Crippen MR) is 73.6 cm³/mol. The molecule has 0 unspecified atom stereocenters. The van der Waals surface area contributed by atoms with E-state index in [1.54, 1.807) is 0 Å². The highest BCUT2D eigenvalue weighted by Crippen LogP contribution is 2.13. The van der Waals surface area contributed by atoms with Gasteiger partial charge in [0.05, 0.1) is 0 Å². The highest BCUT2D eigenvalue weighted by atomic mass is 19.1. The molecule has 0 atom stereocenters. The summed E-state index contributed by atoms with van der Waals surface area (Å²) in [6.45, 7) is 6.67. The van der Waals surface area contributed by atoms with Crippen LogP contribution in [0.2, 0.25) is 0 Å². The van der Waals surface area contributed by atoms with Gasteiger partial charge in [-0.2, -0.15) is 0 Å². The van der Waals surface area contributed by atoms with Crippen molar-refractivity contribution in [3.8, 4) is 0 Å². The molecule has 0 radical (unpaired) electrons. The average Bonchev–Trinajstić information content (AvgIpc) is 2.40. The van der Waals surface area contributed by atoms with Gasteiger partial charge in [-0.1, -0.05) is 0 Å². The van der Waals surface area contributed by atoms with Crippen LogP contribution in [-0.4, -0.2) is 51.2 Å². The molecule has 4 heteroatoms. The molecule has 0 saturated carbocycles. The fourth-order valence-electron chi connectivity index (χ4n) is 2.29. The van der Waals surface area contributed by atoms with Gasteiger partial charge in [0.2, 0.25) is 0 Å². The number of anilines is 1. The van der Waals surface area contributed by atoms with Gasteiger partial charge in [-0.3, -0.25) is 0 Å². The third-order valence-corrected chi connectivity index (χ3v) is 3.44. The molecule has 1 aliphatic rings. The Kier molecular flexibility index (Phi) is 4.96. The van der Waals surface area contributed by atoms with Crippen LogP contribution < -0.4 is 10.2 Å². The van der Waals surface area contributed by atoms with E-state index in [0.717, 1.165) is 51.4 Å². The van der Waals surface area contributed by atoms with Gasteiger partial charge >= 0.3 is 0 Å². The van der Waals surface area contributed by atoms with Gasteiger partial charge < -0.3 is 15.1 Å². The number of benzene rings is 1. The Bertz CT molecular complexity index is 347. The molecule has 0 aliphatic carbocycles. The van der Waals surface area contributed by atoms with Crippen LogP contribution in [0.3, 0.4) is 0 Å². The molecule has 1 aromatic carbocycles. The van der Waals surface area contributed by atoms with Crippen molar-refractivity contribution in [2.75, 3.05) is 51.2 Å². The molecule has 18 heavy (non-hydrogen) atoms. The number of hydrogen-bond donors (Lipinski definition) is 1. The second-order valence-electron chi connectivity index (χ2n) is 4.84. The molecule has 0 amide bonds. The maximum atomic E-state index is 12.8. The van der Waals surface area contributed by atoms with Crippen molar-refractivity contribution in [1.29, 1.82) is 0 Å². The van der Waals surface area contributed by atoms with Crippen LogP contribution in [0.1, 0.15) is 6.42 Å². The highest BCUT2D eigenvalue weighted by molar-refractivity contribution is 5.45. The molecular weight excluding hydrogens is 229 g/mol. The molecule has 1 aromatic rings. The lowest BCUT2D eigenvalue weighted by atomic mass is 10.2. The quantitative estimate of drug-likeness (QED) is 0.857. The Morgan fingerprint density at radius 3 is 2.56 bits per heavy atom. The third-order valence-electron chi connectivity index (χ3n) is 3.44. The lowest BCUT2D eigenvalue weighted by molar-refractivity contribution is 0.239. The summed E-state index contributed by atoms with van der Waals surface area (Å²) in [5.74, 6) is -0.173. The van der Waals surface area contributed by atoms with Crippen LogP contribution >= 0.6 is 0 Å². The van der Waals surface area contributed by atoms with Crippen molar-refractivity contribution in [2.24, 2.45) is 0 Å². The molecule has 0 bridgehead atoms. The van der Waals surface area contributed by atoms with Gasteiger partial charge in [0.1, 0.15) is 5.82 Å². The average molecular weight is 251 g/mol. The van der Waals surface area contributed by atoms with Crippen molar-refractivity contribution < 1.29 is 4.39 Å². The van der Waals surface area contributed by atoms with Gasteiger partial charge in [-0.05, 0) is 37.2 Å². The smallest absolute Gasteiger partial charge is 0.123 e. The van der Waals surface area contributed by atoms with Crippen LogP contribution in [0.4, 0.5) is 10.1 Å². The topological polar surface area (TPSA) is 18.5 Å². The predicted octanol–water partition coefficient (Wildman–Crippen LogP) is 1.56. The van der Waals surface area contributed by atoms with Crippen molar-refractivity contribution in [2.45, 2.75) is 6.42 Å². The minimum atomic E-state index is -0.173. The molecular formula is C14H22FN3. The maximum absolute atomic E-state index is 12.8. The van der Waals surface area contributed by atoms with Crippen molar-refractivity contribution >= 4 is 5.69 Å². The van der Waals surface area contributed by atoms with E-state index in [1.165, 1.54) is 12.1 Å². The monoisotopic (exact) mass is 251 g/mol. The zero-order valence-corrected chi connectivity index (χ0v) is 11.0. The molecule has 1 heterocycles. The zero-order valence-electron chi connectivity index (χ0n) is 11.0. The van der Waals surface area contributed by atoms with Gasteiger partial charge in [-0.25, -0.2) is 4.39 Å². The van der Waals surface area contributed by atoms with Crippen molar-refractivity contribution in [3.05, 3.63) is 30.1 Å². The Morgan fingerprint density at radius 2 is 1.89 bits per heavy atom. The second-order valence-corrected chi connectivity index (χ2v) is 4.84. The summed E-state index contributed by atoms with van der Waals surface area (Å²) < 4.78 is 12.8. The fraction of sp³-hybridized carbons (Fsp3) is 0.571. The zero-order chi connectivity index (χ0) is 12.8. The van der Waals surface area contributed by atoms with E-state index < -0.39 is 0 Å². The largest absolute Gasteiger partial charge is 0.375 e. The van der Waals surface area contributed by atoms with Crippen molar-refractivity contribution in [3.63, 3.8) is 0 Å². The summed E-state index contributed by atoms with van der Waals surface area (Å²) >= 11 is 0. The molecule has 1 N–H and O–H groups in total. The Morgan fingerprint density at radius 1 is 1.22 bits per heavy atom. The molecule has 100 valence electrons. The lowest BCUT2D eigenvalue weighted by Gasteiger charge is -2.28. The highest BCUT2D eigenvalue weighted by Gasteiger charge is 2.09. The van der Waals surface area contributed by atoms with Crippen LogP contribution in [0.25, 0.3) is 0 Å². The van der Waals surface area contributed by atoms with E-state index in [0.29, 0.717) is 0 Å². The van der Waals surface area contributed by atoms with Crippen LogP contribution in [0.15, 0.2) is 24.3 Å². The molecule has 0 aromatic heterocycles. The van der Waals surface area contributed by atoms with E-state index in [9.17, 15) is 4.39 Å². The standard InChI is InChI=1S/C14H22FN3/c1-17(14-5-3-13(15)4-6-14)9-2-10-18-11-7-16-8-12-18/h3-6,16H,2,7-12H2,1H3. The Labute approximate surface area is 109 Å². The molecule has 2 rings (SSSR count). The van der Waals surface area contributed by atoms with Crippen LogP contribution in [0.5, 0.6) is 0 Å². The van der Waals surface area contributed by atoms with E-state index >= 15 is 0 Å². The number of piperazine rings is 1. The normalized spacial score (nSPS) is 16.8. The number of halogens is 1. The first-order valence-corrected chi connectivity index (χ1v) is 6.65. The summed E-state index contributed by atoms with van der Waals surface area (Å²) in [7, 11) is 2.06. The molecule has 0 spiro atoms. The van der Waals surface area contributed by atoms with E-state index in [4.69, 9.17) is 0 Å². The summed E-state index contributed by atoms with van der Waals surface area (Å²) in [5.41, 5.74) is 1.08.